The standard InChI is InChI=1S/C18H26FNO3/c1-13-4-3-5-14(15(13)19)12-20-9-6-18(7-10-20)16(21)17(2,22)8-11-23-18/h3-5,16,21-22H,6-12H2,1-2H3/t16-,17+/m0/s1. The molecule has 1 aromatic carbocycles. The first-order valence-corrected chi connectivity index (χ1v) is 8.35. The Balaban J connectivity index is 1.65. The molecule has 2 heterocycles. The molecule has 2 N–H and O–H groups in total. The van der Waals surface area contributed by atoms with Gasteiger partial charge in [0.2, 0.25) is 0 Å². The topological polar surface area (TPSA) is 52.9 Å². The summed E-state index contributed by atoms with van der Waals surface area (Å²) in [7, 11) is 0. The number of benzene rings is 1. The first-order valence-electron chi connectivity index (χ1n) is 8.35. The number of aliphatic hydroxyl groups excluding tert-OH is 1. The molecule has 1 spiro atoms. The molecule has 4 nitrogen and oxygen atoms in total. The molecule has 1 aromatic rings. The van der Waals surface area contributed by atoms with Gasteiger partial charge < -0.3 is 14.9 Å². The number of aliphatic hydroxyl groups is 2. The minimum Gasteiger partial charge on any atom is -0.387 e. The molecule has 23 heavy (non-hydrogen) atoms. The highest BCUT2D eigenvalue weighted by atomic mass is 19.1. The summed E-state index contributed by atoms with van der Waals surface area (Å²) in [6.07, 6.45) is 0.880. The zero-order valence-electron chi connectivity index (χ0n) is 13.9. The van der Waals surface area contributed by atoms with Crippen molar-refractivity contribution in [2.45, 2.75) is 57.0 Å². The summed E-state index contributed by atoms with van der Waals surface area (Å²) >= 11 is 0. The molecule has 0 bridgehead atoms. The smallest absolute Gasteiger partial charge is 0.130 e. The van der Waals surface area contributed by atoms with E-state index in [1.807, 2.05) is 12.1 Å². The zero-order chi connectivity index (χ0) is 16.7. The number of ether oxygens (including phenoxy) is 1. The average molecular weight is 323 g/mol. The number of piperidine rings is 1. The monoisotopic (exact) mass is 323 g/mol. The molecule has 0 saturated carbocycles. The molecule has 0 aromatic heterocycles. The number of aryl methyl sites for hydroxylation is 1. The van der Waals surface area contributed by atoms with Gasteiger partial charge in [0.05, 0.1) is 17.8 Å². The van der Waals surface area contributed by atoms with Gasteiger partial charge in [0.1, 0.15) is 11.9 Å². The lowest BCUT2D eigenvalue weighted by atomic mass is 9.75. The van der Waals surface area contributed by atoms with Crippen molar-refractivity contribution in [1.82, 2.24) is 4.90 Å². The van der Waals surface area contributed by atoms with Crippen LogP contribution in [0.25, 0.3) is 0 Å². The lowest BCUT2D eigenvalue weighted by molar-refractivity contribution is -0.246. The molecule has 0 radical (unpaired) electrons. The highest BCUT2D eigenvalue weighted by molar-refractivity contribution is 5.24. The third-order valence-electron chi connectivity index (χ3n) is 5.45. The fraction of sp³-hybridized carbons (Fsp3) is 0.667. The molecule has 2 aliphatic rings. The van der Waals surface area contributed by atoms with Crippen molar-refractivity contribution in [2.24, 2.45) is 0 Å². The number of nitrogens with zero attached hydrogens (tertiary/aromatic N) is 1. The van der Waals surface area contributed by atoms with Crippen molar-refractivity contribution in [1.29, 1.82) is 0 Å². The van der Waals surface area contributed by atoms with E-state index in [0.717, 1.165) is 13.1 Å². The van der Waals surface area contributed by atoms with E-state index in [2.05, 4.69) is 4.90 Å². The molecule has 0 aliphatic carbocycles. The number of hydrogen-bond donors (Lipinski definition) is 2. The minimum atomic E-state index is -1.09. The Hall–Kier alpha value is -1.01. The predicted molar refractivity (Wildman–Crippen MR) is 85.6 cm³/mol. The van der Waals surface area contributed by atoms with E-state index in [1.165, 1.54) is 0 Å². The summed E-state index contributed by atoms with van der Waals surface area (Å²) in [5.74, 6) is -0.135. The van der Waals surface area contributed by atoms with E-state index >= 15 is 0 Å². The van der Waals surface area contributed by atoms with Gasteiger partial charge in [-0.15, -0.1) is 0 Å². The molecule has 0 amide bonds. The highest BCUT2D eigenvalue weighted by Crippen LogP contribution is 2.40. The van der Waals surface area contributed by atoms with Crippen LogP contribution in [-0.2, 0) is 11.3 Å². The predicted octanol–water partition coefficient (Wildman–Crippen LogP) is 2.00. The molecule has 128 valence electrons. The van der Waals surface area contributed by atoms with Gasteiger partial charge in [-0.05, 0) is 32.3 Å². The van der Waals surface area contributed by atoms with Crippen molar-refractivity contribution >= 4 is 0 Å². The Morgan fingerprint density at radius 3 is 2.70 bits per heavy atom. The lowest BCUT2D eigenvalue weighted by Gasteiger charge is -2.51. The summed E-state index contributed by atoms with van der Waals surface area (Å²) in [4.78, 5) is 2.18. The summed E-state index contributed by atoms with van der Waals surface area (Å²) in [6.45, 7) is 5.93. The van der Waals surface area contributed by atoms with Crippen LogP contribution in [0.3, 0.4) is 0 Å². The Morgan fingerprint density at radius 1 is 1.30 bits per heavy atom. The van der Waals surface area contributed by atoms with Gasteiger partial charge in [0.15, 0.2) is 0 Å². The second-order valence-corrected chi connectivity index (χ2v) is 7.25. The van der Waals surface area contributed by atoms with E-state index < -0.39 is 17.3 Å². The van der Waals surface area contributed by atoms with Crippen LogP contribution in [0.15, 0.2) is 18.2 Å². The van der Waals surface area contributed by atoms with Gasteiger partial charge in [0.25, 0.3) is 0 Å². The second-order valence-electron chi connectivity index (χ2n) is 7.25. The molecule has 5 heteroatoms. The fourth-order valence-corrected chi connectivity index (χ4v) is 3.82. The van der Waals surface area contributed by atoms with Crippen molar-refractivity contribution in [3.8, 4) is 0 Å². The Labute approximate surface area is 136 Å². The first kappa shape index (κ1) is 16.8. The third-order valence-corrected chi connectivity index (χ3v) is 5.45. The van der Waals surface area contributed by atoms with E-state index in [4.69, 9.17) is 4.74 Å². The molecular weight excluding hydrogens is 297 g/mol. The maximum Gasteiger partial charge on any atom is 0.130 e. The summed E-state index contributed by atoms with van der Waals surface area (Å²) in [5.41, 5.74) is -0.386. The van der Waals surface area contributed by atoms with Crippen molar-refractivity contribution in [2.75, 3.05) is 19.7 Å². The van der Waals surface area contributed by atoms with Gasteiger partial charge in [-0.2, -0.15) is 0 Å². The van der Waals surface area contributed by atoms with Crippen molar-refractivity contribution < 1.29 is 19.3 Å². The van der Waals surface area contributed by atoms with E-state index in [-0.39, 0.29) is 5.82 Å². The van der Waals surface area contributed by atoms with Gasteiger partial charge in [-0.25, -0.2) is 4.39 Å². The van der Waals surface area contributed by atoms with Gasteiger partial charge in [-0.1, -0.05) is 18.2 Å². The Morgan fingerprint density at radius 2 is 2.00 bits per heavy atom. The van der Waals surface area contributed by atoms with E-state index in [1.54, 1.807) is 19.9 Å². The van der Waals surface area contributed by atoms with Crippen LogP contribution < -0.4 is 0 Å². The fourth-order valence-electron chi connectivity index (χ4n) is 3.82. The molecule has 2 saturated heterocycles. The Bertz CT molecular complexity index is 567. The molecule has 0 unspecified atom stereocenters. The summed E-state index contributed by atoms with van der Waals surface area (Å²) in [5, 5.41) is 20.9. The number of halogens is 1. The normalized spacial score (nSPS) is 31.4. The van der Waals surface area contributed by atoms with Crippen molar-refractivity contribution in [3.63, 3.8) is 0 Å². The lowest BCUT2D eigenvalue weighted by Crippen LogP contribution is -2.64. The molecule has 3 rings (SSSR count). The van der Waals surface area contributed by atoms with Gasteiger partial charge in [0, 0.05) is 31.6 Å². The molecular formula is C18H26FNO3. The number of rotatable bonds is 2. The number of hydrogen-bond acceptors (Lipinski definition) is 4. The van der Waals surface area contributed by atoms with Crippen LogP contribution in [-0.4, -0.2) is 52.1 Å². The highest BCUT2D eigenvalue weighted by Gasteiger charge is 2.52. The Kier molecular flexibility index (Phi) is 4.49. The average Bonchev–Trinajstić information content (AvgIpc) is 2.52. The van der Waals surface area contributed by atoms with Crippen LogP contribution in [0, 0.1) is 12.7 Å². The van der Waals surface area contributed by atoms with Crippen LogP contribution >= 0.6 is 0 Å². The quantitative estimate of drug-likeness (QED) is 0.874. The third kappa shape index (κ3) is 3.15. The van der Waals surface area contributed by atoms with E-state index in [0.29, 0.717) is 43.5 Å². The largest absolute Gasteiger partial charge is 0.387 e. The van der Waals surface area contributed by atoms with Crippen LogP contribution in [0.2, 0.25) is 0 Å². The van der Waals surface area contributed by atoms with E-state index in [9.17, 15) is 14.6 Å². The SMILES string of the molecule is Cc1cccc(CN2CCC3(CC2)OCC[C@@](C)(O)[C@@H]3O)c1F. The van der Waals surface area contributed by atoms with Gasteiger partial charge >= 0.3 is 0 Å². The first-order chi connectivity index (χ1) is 10.8. The molecule has 2 aliphatic heterocycles. The van der Waals surface area contributed by atoms with Crippen molar-refractivity contribution in [3.05, 3.63) is 35.1 Å². The summed E-state index contributed by atoms with van der Waals surface area (Å²) in [6, 6.07) is 5.48. The molecule has 2 atom stereocenters. The summed E-state index contributed by atoms with van der Waals surface area (Å²) < 4.78 is 20.0. The maximum atomic E-state index is 14.1. The number of likely N-dealkylation sites (tertiary alicyclic amines) is 1. The second kappa shape index (κ2) is 6.13. The van der Waals surface area contributed by atoms with Crippen LogP contribution in [0.1, 0.15) is 37.3 Å². The molecule has 2 fully saturated rings. The van der Waals surface area contributed by atoms with Gasteiger partial charge in [-0.3, -0.25) is 4.90 Å². The zero-order valence-corrected chi connectivity index (χ0v) is 13.9. The minimum absolute atomic E-state index is 0.135. The maximum absolute atomic E-state index is 14.1. The van der Waals surface area contributed by atoms with Crippen LogP contribution in [0.4, 0.5) is 4.39 Å². The van der Waals surface area contributed by atoms with Crippen LogP contribution in [0.5, 0.6) is 0 Å².